The maximum Gasteiger partial charge on any atom is 0.420 e. The summed E-state index contributed by atoms with van der Waals surface area (Å²) in [6.45, 7) is 3.18. The minimum Gasteiger partial charge on any atom is -0.490 e. The van der Waals surface area contributed by atoms with Gasteiger partial charge in [0.15, 0.2) is 0 Å². The fraction of sp³-hybridized carbons (Fsp3) is 0.500. The Kier molecular flexibility index (Phi) is 6.00. The molecule has 4 nitrogen and oxygen atoms in total. The first-order valence-corrected chi connectivity index (χ1v) is 6.28. The van der Waals surface area contributed by atoms with E-state index in [1.165, 1.54) is 6.07 Å². The molecule has 0 aliphatic carbocycles. The minimum absolute atomic E-state index is 0.0324. The zero-order chi connectivity index (χ0) is 16.0. The zero-order valence-electron chi connectivity index (χ0n) is 11.6. The van der Waals surface area contributed by atoms with Gasteiger partial charge in [-0.2, -0.15) is 18.4 Å². The summed E-state index contributed by atoms with van der Waals surface area (Å²) in [6, 6.07) is 4.64. The molecule has 1 rings (SSSR count). The molecule has 0 bridgehead atoms. The molecule has 1 N–H and O–H groups in total. The minimum atomic E-state index is -4.64. The Morgan fingerprint density at radius 2 is 1.95 bits per heavy atom. The number of nitriles is 1. The van der Waals surface area contributed by atoms with E-state index in [2.05, 4.69) is 0 Å². The van der Waals surface area contributed by atoms with E-state index in [-0.39, 0.29) is 24.9 Å². The Labute approximate surface area is 120 Å². The van der Waals surface area contributed by atoms with Crippen LogP contribution >= 0.6 is 0 Å². The number of aliphatic hydroxyl groups is 1. The van der Waals surface area contributed by atoms with E-state index in [9.17, 15) is 18.3 Å². The van der Waals surface area contributed by atoms with Crippen LogP contribution in [-0.2, 0) is 10.9 Å². The van der Waals surface area contributed by atoms with Gasteiger partial charge >= 0.3 is 6.18 Å². The third-order valence-electron chi connectivity index (χ3n) is 2.47. The highest BCUT2D eigenvalue weighted by molar-refractivity contribution is 5.43. The summed E-state index contributed by atoms with van der Waals surface area (Å²) < 4.78 is 48.7. The molecule has 1 aromatic rings. The molecule has 0 aliphatic rings. The molecule has 0 aliphatic heterocycles. The van der Waals surface area contributed by atoms with Crippen LogP contribution in [0.25, 0.3) is 0 Å². The Hall–Kier alpha value is -1.78. The topological polar surface area (TPSA) is 62.5 Å². The van der Waals surface area contributed by atoms with Crippen LogP contribution in [-0.4, -0.2) is 30.5 Å². The van der Waals surface area contributed by atoms with Crippen molar-refractivity contribution in [3.63, 3.8) is 0 Å². The van der Waals surface area contributed by atoms with Gasteiger partial charge in [0.25, 0.3) is 0 Å². The van der Waals surface area contributed by atoms with Gasteiger partial charge in [0.2, 0.25) is 0 Å². The van der Waals surface area contributed by atoms with Crippen molar-refractivity contribution >= 4 is 0 Å². The van der Waals surface area contributed by atoms with Crippen LogP contribution in [0.4, 0.5) is 13.2 Å². The predicted octanol–water partition coefficient (Wildman–Crippen LogP) is 2.74. The molecule has 0 amide bonds. The molecular formula is C14H16F3NO3. The van der Waals surface area contributed by atoms with Gasteiger partial charge in [-0.15, -0.1) is 0 Å². The van der Waals surface area contributed by atoms with Crippen LogP contribution in [0.3, 0.4) is 0 Å². The lowest BCUT2D eigenvalue weighted by atomic mass is 10.1. The lowest BCUT2D eigenvalue weighted by molar-refractivity contribution is -0.139. The van der Waals surface area contributed by atoms with Gasteiger partial charge in [-0.1, -0.05) is 0 Å². The summed E-state index contributed by atoms with van der Waals surface area (Å²) >= 11 is 0. The highest BCUT2D eigenvalue weighted by atomic mass is 19.4. The molecule has 0 heterocycles. The number of nitrogens with zero attached hydrogens (tertiary/aromatic N) is 1. The van der Waals surface area contributed by atoms with Crippen LogP contribution in [0.5, 0.6) is 5.75 Å². The van der Waals surface area contributed by atoms with Gasteiger partial charge in [0, 0.05) is 0 Å². The lowest BCUT2D eigenvalue weighted by Gasteiger charge is -2.17. The van der Waals surface area contributed by atoms with Gasteiger partial charge in [-0.05, 0) is 32.0 Å². The second-order valence-electron chi connectivity index (χ2n) is 4.67. The third kappa shape index (κ3) is 5.61. The molecule has 116 valence electrons. The van der Waals surface area contributed by atoms with Crippen molar-refractivity contribution in [1.29, 1.82) is 5.26 Å². The molecule has 0 aromatic heterocycles. The van der Waals surface area contributed by atoms with E-state index in [0.29, 0.717) is 6.07 Å². The fourth-order valence-electron chi connectivity index (χ4n) is 1.48. The van der Waals surface area contributed by atoms with Crippen molar-refractivity contribution in [1.82, 2.24) is 0 Å². The molecule has 0 spiro atoms. The quantitative estimate of drug-likeness (QED) is 0.877. The molecule has 7 heteroatoms. The number of aliphatic hydroxyl groups excluding tert-OH is 1. The fourth-order valence-corrected chi connectivity index (χ4v) is 1.48. The number of rotatable bonds is 6. The highest BCUT2D eigenvalue weighted by Gasteiger charge is 2.34. The van der Waals surface area contributed by atoms with E-state index >= 15 is 0 Å². The van der Waals surface area contributed by atoms with Crippen molar-refractivity contribution in [2.24, 2.45) is 0 Å². The van der Waals surface area contributed by atoms with Crippen LogP contribution in [0.2, 0.25) is 0 Å². The van der Waals surface area contributed by atoms with E-state index in [4.69, 9.17) is 14.7 Å². The van der Waals surface area contributed by atoms with Gasteiger partial charge in [0.05, 0.1) is 29.9 Å². The summed E-state index contributed by atoms with van der Waals surface area (Å²) in [5.74, 6) is -0.426. The summed E-state index contributed by atoms with van der Waals surface area (Å²) in [7, 11) is 0. The lowest BCUT2D eigenvalue weighted by Crippen LogP contribution is -2.25. The maximum atomic E-state index is 12.9. The standard InChI is InChI=1S/C14H16F3NO3/c1-9(2)20-7-11(19)8-21-13-4-3-10(6-18)5-12(13)14(15,16)17/h3-5,9,11,19H,7-8H2,1-2H3. The number of benzene rings is 1. The van der Waals surface area contributed by atoms with Crippen molar-refractivity contribution < 1.29 is 27.8 Å². The molecular weight excluding hydrogens is 287 g/mol. The van der Waals surface area contributed by atoms with E-state index < -0.39 is 23.6 Å². The van der Waals surface area contributed by atoms with Gasteiger partial charge in [-0.3, -0.25) is 0 Å². The van der Waals surface area contributed by atoms with Crippen molar-refractivity contribution in [2.75, 3.05) is 13.2 Å². The smallest absolute Gasteiger partial charge is 0.420 e. The van der Waals surface area contributed by atoms with Crippen LogP contribution in [0.1, 0.15) is 25.0 Å². The Bertz CT molecular complexity index is 509. The largest absolute Gasteiger partial charge is 0.490 e. The van der Waals surface area contributed by atoms with Crippen LogP contribution in [0, 0.1) is 11.3 Å². The highest BCUT2D eigenvalue weighted by Crippen LogP contribution is 2.36. The summed E-state index contributed by atoms with van der Waals surface area (Å²) in [4.78, 5) is 0. The molecule has 0 radical (unpaired) electrons. The van der Waals surface area contributed by atoms with E-state index in [1.807, 2.05) is 0 Å². The normalized spacial score (nSPS) is 13.0. The molecule has 0 fully saturated rings. The van der Waals surface area contributed by atoms with Gasteiger partial charge in [0.1, 0.15) is 18.5 Å². The summed E-state index contributed by atoms with van der Waals surface area (Å²) in [5, 5.41) is 18.2. The van der Waals surface area contributed by atoms with Crippen LogP contribution < -0.4 is 4.74 Å². The average Bonchev–Trinajstić information content (AvgIpc) is 2.41. The molecule has 1 aromatic carbocycles. The molecule has 0 saturated carbocycles. The monoisotopic (exact) mass is 303 g/mol. The van der Waals surface area contributed by atoms with Crippen molar-refractivity contribution in [3.05, 3.63) is 29.3 Å². The Morgan fingerprint density at radius 3 is 2.48 bits per heavy atom. The van der Waals surface area contributed by atoms with E-state index in [0.717, 1.165) is 6.07 Å². The maximum absolute atomic E-state index is 12.9. The second-order valence-corrected chi connectivity index (χ2v) is 4.67. The van der Waals surface area contributed by atoms with Crippen molar-refractivity contribution in [3.8, 4) is 11.8 Å². The average molecular weight is 303 g/mol. The predicted molar refractivity (Wildman–Crippen MR) is 68.7 cm³/mol. The summed E-state index contributed by atoms with van der Waals surface area (Å²) in [5.41, 5.74) is -1.16. The number of hydrogen-bond acceptors (Lipinski definition) is 4. The van der Waals surface area contributed by atoms with Crippen molar-refractivity contribution in [2.45, 2.75) is 32.2 Å². The second kappa shape index (κ2) is 7.29. The first kappa shape index (κ1) is 17.3. The van der Waals surface area contributed by atoms with Crippen LogP contribution in [0.15, 0.2) is 18.2 Å². The Balaban J connectivity index is 2.77. The van der Waals surface area contributed by atoms with Gasteiger partial charge in [-0.25, -0.2) is 0 Å². The number of hydrogen-bond donors (Lipinski definition) is 1. The molecule has 1 atom stereocenters. The molecule has 21 heavy (non-hydrogen) atoms. The van der Waals surface area contributed by atoms with E-state index in [1.54, 1.807) is 19.9 Å². The number of halogens is 3. The molecule has 1 unspecified atom stereocenters. The first-order chi connectivity index (χ1) is 9.74. The Morgan fingerprint density at radius 1 is 1.29 bits per heavy atom. The summed E-state index contributed by atoms with van der Waals surface area (Å²) in [6.07, 6.45) is -5.77. The molecule has 0 saturated heterocycles. The zero-order valence-corrected chi connectivity index (χ0v) is 11.6. The first-order valence-electron chi connectivity index (χ1n) is 6.28. The third-order valence-corrected chi connectivity index (χ3v) is 2.47. The number of alkyl halides is 3. The van der Waals surface area contributed by atoms with Gasteiger partial charge < -0.3 is 14.6 Å². The SMILES string of the molecule is CC(C)OCC(O)COc1ccc(C#N)cc1C(F)(F)F. The number of ether oxygens (including phenoxy) is 2.